The minimum atomic E-state index is -1.13. The number of pyridine rings is 1. The van der Waals surface area contributed by atoms with Crippen molar-refractivity contribution in [3.8, 4) is 5.88 Å². The Morgan fingerprint density at radius 2 is 1.89 bits per heavy atom. The second-order valence-electron chi connectivity index (χ2n) is 8.65. The molecule has 3 heterocycles. The van der Waals surface area contributed by atoms with E-state index in [-0.39, 0.29) is 24.1 Å². The minimum absolute atomic E-state index is 0.0293. The number of ether oxygens (including phenoxy) is 1. The molecule has 0 radical (unpaired) electrons. The van der Waals surface area contributed by atoms with Crippen molar-refractivity contribution in [1.29, 1.82) is 0 Å². The van der Waals surface area contributed by atoms with Crippen LogP contribution in [0.3, 0.4) is 0 Å². The Labute approximate surface area is 227 Å². The van der Waals surface area contributed by atoms with Crippen molar-refractivity contribution in [3.05, 3.63) is 111 Å². The van der Waals surface area contributed by atoms with Crippen LogP contribution in [-0.2, 0) is 15.1 Å². The summed E-state index contributed by atoms with van der Waals surface area (Å²) in [4.78, 5) is 32.2. The van der Waals surface area contributed by atoms with Gasteiger partial charge in [0.2, 0.25) is 11.8 Å². The first kappa shape index (κ1) is 25.4. The van der Waals surface area contributed by atoms with E-state index < -0.39 is 16.7 Å². The molecule has 1 aliphatic rings. The third kappa shape index (κ3) is 5.28. The number of halogens is 2. The Kier molecular flexibility index (Phi) is 7.33. The zero-order valence-electron chi connectivity index (χ0n) is 19.7. The van der Waals surface area contributed by atoms with Crippen LogP contribution in [0.1, 0.15) is 36.3 Å². The Morgan fingerprint density at radius 3 is 2.59 bits per heavy atom. The molecule has 1 aliphatic heterocycles. The van der Waals surface area contributed by atoms with Crippen molar-refractivity contribution in [3.63, 3.8) is 0 Å². The summed E-state index contributed by atoms with van der Waals surface area (Å²) < 4.78 is 19.4. The number of carbonyl (C=O) groups excluding carboxylic acids is 2. The van der Waals surface area contributed by atoms with Gasteiger partial charge in [0.1, 0.15) is 22.7 Å². The number of piperidine rings is 1. The summed E-state index contributed by atoms with van der Waals surface area (Å²) in [5, 5.41) is 6.48. The highest BCUT2D eigenvalue weighted by Gasteiger charge is 2.48. The molecule has 1 fully saturated rings. The van der Waals surface area contributed by atoms with E-state index in [4.69, 9.17) is 21.3 Å². The van der Waals surface area contributed by atoms with Crippen molar-refractivity contribution in [2.24, 2.45) is 0 Å². The number of benzene rings is 2. The fourth-order valence-electron chi connectivity index (χ4n) is 4.29. The number of thioether (sulfide) groups is 1. The summed E-state index contributed by atoms with van der Waals surface area (Å²) in [5.41, 5.74) is 0.931. The molecular formula is C28H22ClFN2O3S2. The number of carbonyl (C=O) groups is 2. The third-order valence-electron chi connectivity index (χ3n) is 6.20. The lowest BCUT2D eigenvalue weighted by molar-refractivity contribution is -0.133. The molecule has 0 spiro atoms. The van der Waals surface area contributed by atoms with Crippen molar-refractivity contribution in [2.45, 2.75) is 35.1 Å². The summed E-state index contributed by atoms with van der Waals surface area (Å²) in [7, 11) is 0. The van der Waals surface area contributed by atoms with Crippen LogP contribution < -0.4 is 10.1 Å². The molecule has 3 unspecified atom stereocenters. The van der Waals surface area contributed by atoms with Crippen LogP contribution in [-0.4, -0.2) is 21.9 Å². The van der Waals surface area contributed by atoms with Crippen LogP contribution in [0.5, 0.6) is 5.88 Å². The largest absolute Gasteiger partial charge is 0.470 e. The molecule has 2 aromatic carbocycles. The van der Waals surface area contributed by atoms with Crippen LogP contribution in [0, 0.1) is 5.82 Å². The van der Waals surface area contributed by atoms with Gasteiger partial charge in [-0.15, -0.1) is 11.8 Å². The van der Waals surface area contributed by atoms with Crippen molar-refractivity contribution in [2.75, 3.05) is 0 Å². The van der Waals surface area contributed by atoms with Gasteiger partial charge in [-0.1, -0.05) is 41.9 Å². The highest BCUT2D eigenvalue weighted by molar-refractivity contribution is 8.01. The number of hydrogen-bond acceptors (Lipinski definition) is 6. The lowest BCUT2D eigenvalue weighted by Gasteiger charge is -2.39. The molecule has 0 saturated carbocycles. The molecule has 2 aromatic heterocycles. The molecule has 1 saturated heterocycles. The van der Waals surface area contributed by atoms with Crippen LogP contribution in [0.15, 0.2) is 88.5 Å². The number of aromatic nitrogens is 1. The van der Waals surface area contributed by atoms with Gasteiger partial charge in [-0.3, -0.25) is 9.59 Å². The topological polar surface area (TPSA) is 68.3 Å². The van der Waals surface area contributed by atoms with E-state index in [9.17, 15) is 14.0 Å². The minimum Gasteiger partial charge on any atom is -0.470 e. The smallest absolute Gasteiger partial charge is 0.242 e. The van der Waals surface area contributed by atoms with Gasteiger partial charge in [0.05, 0.1) is 10.7 Å². The van der Waals surface area contributed by atoms with E-state index in [1.165, 1.54) is 23.5 Å². The Balaban J connectivity index is 1.45. The first-order valence-electron chi connectivity index (χ1n) is 11.5. The van der Waals surface area contributed by atoms with Crippen LogP contribution >= 0.6 is 34.7 Å². The molecule has 37 heavy (non-hydrogen) atoms. The third-order valence-corrected chi connectivity index (χ3v) is 8.65. The summed E-state index contributed by atoms with van der Waals surface area (Å²) in [6, 6.07) is 20.4. The second kappa shape index (κ2) is 10.7. The van der Waals surface area contributed by atoms with E-state index >= 15 is 0 Å². The molecule has 3 atom stereocenters. The molecule has 5 rings (SSSR count). The predicted molar refractivity (Wildman–Crippen MR) is 144 cm³/mol. The quantitative estimate of drug-likeness (QED) is 0.263. The standard InChI is InChI=1S/C28H22ClFN2O3S2/c1-17(18-9-11-20(30)12-10-18)35-25-8-4-7-24(31-25)28(19-13-14-36-16-19)15-22(33)26(27(34)32-28)37-23-6-3-2-5-21(23)29/h2-14,16-17,26H,15H2,1H3,(H,32,34). The van der Waals surface area contributed by atoms with Gasteiger partial charge >= 0.3 is 0 Å². The van der Waals surface area contributed by atoms with Crippen LogP contribution in [0.4, 0.5) is 4.39 Å². The summed E-state index contributed by atoms with van der Waals surface area (Å²) in [6.07, 6.45) is -0.360. The number of Topliss-reactive ketones (excluding diaryl/α,β-unsaturated/α-hetero) is 1. The normalized spacial score (nSPS) is 20.4. The lowest BCUT2D eigenvalue weighted by atomic mass is 9.79. The number of thiophene rings is 1. The number of amides is 1. The second-order valence-corrected chi connectivity index (χ2v) is 11.0. The molecule has 9 heteroatoms. The molecule has 1 N–H and O–H groups in total. The number of nitrogens with one attached hydrogen (secondary N) is 1. The maximum absolute atomic E-state index is 13.5. The number of rotatable bonds is 7. The lowest BCUT2D eigenvalue weighted by Crippen LogP contribution is -2.58. The molecule has 4 aromatic rings. The van der Waals surface area contributed by atoms with E-state index in [0.717, 1.165) is 22.9 Å². The molecule has 0 bridgehead atoms. The monoisotopic (exact) mass is 552 g/mol. The zero-order chi connectivity index (χ0) is 26.0. The fraction of sp³-hybridized carbons (Fsp3) is 0.179. The van der Waals surface area contributed by atoms with Gasteiger partial charge < -0.3 is 10.1 Å². The molecular weight excluding hydrogens is 531 g/mol. The van der Waals surface area contributed by atoms with Gasteiger partial charge in [0, 0.05) is 17.4 Å². The summed E-state index contributed by atoms with van der Waals surface area (Å²) in [5.74, 6) is -0.608. The average molecular weight is 553 g/mol. The van der Waals surface area contributed by atoms with E-state index in [0.29, 0.717) is 21.5 Å². The SMILES string of the molecule is CC(Oc1cccc(C2(c3ccsc3)CC(=O)C(Sc3ccccc3Cl)C(=O)N2)n1)c1ccc(F)cc1. The number of ketones is 1. The van der Waals surface area contributed by atoms with Gasteiger partial charge in [0.15, 0.2) is 5.78 Å². The molecule has 5 nitrogen and oxygen atoms in total. The first-order chi connectivity index (χ1) is 17.9. The highest BCUT2D eigenvalue weighted by Crippen LogP contribution is 2.41. The summed E-state index contributed by atoms with van der Waals surface area (Å²) in [6.45, 7) is 1.85. The zero-order valence-corrected chi connectivity index (χ0v) is 22.1. The maximum Gasteiger partial charge on any atom is 0.242 e. The molecule has 188 valence electrons. The average Bonchev–Trinajstić information content (AvgIpc) is 3.43. The molecule has 0 aliphatic carbocycles. The van der Waals surface area contributed by atoms with Crippen LogP contribution in [0.2, 0.25) is 5.02 Å². The Hall–Kier alpha value is -3.20. The van der Waals surface area contributed by atoms with Gasteiger partial charge in [0.25, 0.3) is 0 Å². The van der Waals surface area contributed by atoms with Crippen molar-refractivity contribution < 1.29 is 18.7 Å². The van der Waals surface area contributed by atoms with E-state index in [1.807, 2.05) is 29.8 Å². The Morgan fingerprint density at radius 1 is 1.11 bits per heavy atom. The highest BCUT2D eigenvalue weighted by atomic mass is 35.5. The van der Waals surface area contributed by atoms with Gasteiger partial charge in [-0.2, -0.15) is 11.3 Å². The first-order valence-corrected chi connectivity index (χ1v) is 13.7. The molecule has 1 amide bonds. The van der Waals surface area contributed by atoms with Gasteiger partial charge in [-0.05, 0) is 65.2 Å². The van der Waals surface area contributed by atoms with E-state index in [2.05, 4.69) is 5.32 Å². The van der Waals surface area contributed by atoms with Crippen molar-refractivity contribution >= 4 is 46.4 Å². The maximum atomic E-state index is 13.5. The number of nitrogens with zero attached hydrogens (tertiary/aromatic N) is 1. The van der Waals surface area contributed by atoms with Crippen molar-refractivity contribution in [1.82, 2.24) is 10.3 Å². The fourth-order valence-corrected chi connectivity index (χ4v) is 6.26. The Bertz CT molecular complexity index is 1410. The number of hydrogen-bond donors (Lipinski definition) is 1. The van der Waals surface area contributed by atoms with E-state index in [1.54, 1.807) is 48.5 Å². The predicted octanol–water partition coefficient (Wildman–Crippen LogP) is 6.57. The van der Waals surface area contributed by atoms with Crippen LogP contribution in [0.25, 0.3) is 0 Å². The summed E-state index contributed by atoms with van der Waals surface area (Å²) >= 11 is 8.90. The van der Waals surface area contributed by atoms with Gasteiger partial charge in [-0.25, -0.2) is 9.37 Å².